The van der Waals surface area contributed by atoms with Gasteiger partial charge in [-0.3, -0.25) is 14.9 Å². The second-order valence-corrected chi connectivity index (χ2v) is 10.2. The fourth-order valence-corrected chi connectivity index (χ4v) is 4.84. The van der Waals surface area contributed by atoms with E-state index in [4.69, 9.17) is 4.42 Å². The number of amides is 1. The van der Waals surface area contributed by atoms with E-state index in [2.05, 4.69) is 43.2 Å². The van der Waals surface area contributed by atoms with Gasteiger partial charge in [0.1, 0.15) is 11.2 Å². The summed E-state index contributed by atoms with van der Waals surface area (Å²) < 4.78 is 5.95. The summed E-state index contributed by atoms with van der Waals surface area (Å²) in [5.74, 6) is 1.18. The lowest BCUT2D eigenvalue weighted by molar-refractivity contribution is -0.384. The molecule has 8 nitrogen and oxygen atoms in total. The number of nitro benzene ring substituents is 1. The fraction of sp³-hybridized carbons (Fsp3) is 0.333. The summed E-state index contributed by atoms with van der Waals surface area (Å²) in [6, 6.07) is 18.0. The maximum atomic E-state index is 12.9. The van der Waals surface area contributed by atoms with Crippen molar-refractivity contribution < 1.29 is 14.1 Å². The Morgan fingerprint density at radius 1 is 1.13 bits per heavy atom. The van der Waals surface area contributed by atoms with Crippen molar-refractivity contribution in [2.75, 3.05) is 23.3 Å². The van der Waals surface area contributed by atoms with Crippen molar-refractivity contribution >= 4 is 34.1 Å². The van der Waals surface area contributed by atoms with Gasteiger partial charge in [-0.05, 0) is 85.2 Å². The molecular weight excluding hydrogens is 480 g/mol. The van der Waals surface area contributed by atoms with Crippen LogP contribution in [0.2, 0.25) is 0 Å². The lowest BCUT2D eigenvalue weighted by Gasteiger charge is -2.31. The predicted molar refractivity (Wildman–Crippen MR) is 150 cm³/mol. The maximum Gasteiger partial charge on any atom is 0.293 e. The zero-order valence-corrected chi connectivity index (χ0v) is 21.9. The van der Waals surface area contributed by atoms with Crippen molar-refractivity contribution in [2.45, 2.75) is 46.0 Å². The molecule has 0 radical (unpaired) electrons. The Hall–Kier alpha value is -4.20. The van der Waals surface area contributed by atoms with E-state index in [1.807, 2.05) is 23.1 Å². The summed E-state index contributed by atoms with van der Waals surface area (Å²) in [5, 5.41) is 14.6. The molecule has 196 valence electrons. The molecule has 1 amide bonds. The molecule has 0 saturated carbocycles. The van der Waals surface area contributed by atoms with E-state index in [1.54, 1.807) is 24.3 Å². The van der Waals surface area contributed by atoms with Crippen LogP contribution >= 0.6 is 0 Å². The third-order valence-electron chi connectivity index (χ3n) is 7.54. The third-order valence-corrected chi connectivity index (χ3v) is 7.54. The molecule has 0 bridgehead atoms. The molecule has 1 fully saturated rings. The molecule has 1 aromatic heterocycles. The first-order valence-electron chi connectivity index (χ1n) is 13.2. The van der Waals surface area contributed by atoms with Crippen LogP contribution in [0.4, 0.5) is 17.1 Å². The van der Waals surface area contributed by atoms with Gasteiger partial charge in [0, 0.05) is 36.0 Å². The van der Waals surface area contributed by atoms with Crippen LogP contribution in [0, 0.1) is 16.0 Å². The Morgan fingerprint density at radius 3 is 2.55 bits per heavy atom. The number of carbonyl (C=O) groups excluding carboxylic acids is 1. The number of hydrogen-bond acceptors (Lipinski definition) is 6. The first-order valence-corrected chi connectivity index (χ1v) is 13.2. The Morgan fingerprint density at radius 2 is 1.87 bits per heavy atom. The van der Waals surface area contributed by atoms with E-state index in [0.29, 0.717) is 29.1 Å². The minimum absolute atomic E-state index is 0.0463. The zero-order chi connectivity index (χ0) is 26.8. The molecule has 8 heteroatoms. The molecule has 0 aliphatic carbocycles. The number of benzene rings is 3. The largest absolute Gasteiger partial charge is 0.436 e. The van der Waals surface area contributed by atoms with Gasteiger partial charge < -0.3 is 14.6 Å². The summed E-state index contributed by atoms with van der Waals surface area (Å²) >= 11 is 0. The van der Waals surface area contributed by atoms with E-state index in [9.17, 15) is 14.9 Å². The van der Waals surface area contributed by atoms with Gasteiger partial charge in [-0.15, -0.1) is 0 Å². The van der Waals surface area contributed by atoms with Crippen LogP contribution in [0.5, 0.6) is 0 Å². The predicted octanol–water partition coefficient (Wildman–Crippen LogP) is 7.41. The monoisotopic (exact) mass is 512 g/mol. The highest BCUT2D eigenvalue weighted by atomic mass is 16.6. The number of fused-ring (bicyclic) bond motifs is 1. The molecule has 0 spiro atoms. The van der Waals surface area contributed by atoms with Gasteiger partial charge in [0.15, 0.2) is 5.58 Å². The molecule has 1 aliphatic heterocycles. The van der Waals surface area contributed by atoms with Crippen LogP contribution in [-0.4, -0.2) is 28.9 Å². The average Bonchev–Trinajstić information content (AvgIpc) is 3.36. The van der Waals surface area contributed by atoms with Crippen molar-refractivity contribution in [3.8, 4) is 11.5 Å². The molecule has 1 N–H and O–H groups in total. The van der Waals surface area contributed by atoms with Crippen molar-refractivity contribution in [1.29, 1.82) is 0 Å². The summed E-state index contributed by atoms with van der Waals surface area (Å²) in [6.07, 6.45) is 3.05. The minimum Gasteiger partial charge on any atom is -0.436 e. The van der Waals surface area contributed by atoms with E-state index in [-0.39, 0.29) is 11.3 Å². The van der Waals surface area contributed by atoms with Crippen LogP contribution in [0.1, 0.15) is 61.9 Å². The Kier molecular flexibility index (Phi) is 7.13. The van der Waals surface area contributed by atoms with Crippen LogP contribution in [0.3, 0.4) is 0 Å². The first kappa shape index (κ1) is 25.4. The first-order chi connectivity index (χ1) is 18.3. The number of piperidine rings is 1. The number of anilines is 2. The standard InChI is InChI=1S/C30H32N4O4/c1-4-20(3)22-8-12-28-25(17-22)32-30(38-28)21-5-9-24(10-6-21)31-29(35)23-7-11-26(27(18-23)34(36)37)33-15-13-19(2)14-16-33/h5-12,17-20H,4,13-16H2,1-3H3,(H,31,35)/t20-/m0/s1. The second kappa shape index (κ2) is 10.7. The number of nitro groups is 1. The zero-order valence-electron chi connectivity index (χ0n) is 21.9. The molecule has 4 aromatic rings. The molecule has 3 aromatic carbocycles. The van der Waals surface area contributed by atoms with Crippen LogP contribution in [0.15, 0.2) is 65.1 Å². The van der Waals surface area contributed by atoms with Crippen molar-refractivity contribution in [1.82, 2.24) is 4.98 Å². The van der Waals surface area contributed by atoms with Crippen molar-refractivity contribution in [3.63, 3.8) is 0 Å². The summed E-state index contributed by atoms with van der Waals surface area (Å²) in [7, 11) is 0. The maximum absolute atomic E-state index is 12.9. The van der Waals surface area contributed by atoms with Gasteiger partial charge in [0.2, 0.25) is 5.89 Å². The lowest BCUT2D eigenvalue weighted by atomic mass is 9.98. The molecule has 5 rings (SSSR count). The number of nitrogens with zero attached hydrogens (tertiary/aromatic N) is 3. The highest BCUT2D eigenvalue weighted by Gasteiger charge is 2.25. The summed E-state index contributed by atoms with van der Waals surface area (Å²) in [5.41, 5.74) is 4.91. The molecule has 1 saturated heterocycles. The van der Waals surface area contributed by atoms with Gasteiger partial charge in [-0.25, -0.2) is 4.98 Å². The van der Waals surface area contributed by atoms with Gasteiger partial charge in [-0.1, -0.05) is 26.8 Å². The SMILES string of the molecule is CC[C@H](C)c1ccc2oc(-c3ccc(NC(=O)c4ccc(N5CCC(C)CC5)c([N+](=O)[O-])c4)cc3)nc2c1. The third kappa shape index (κ3) is 5.25. The molecule has 2 heterocycles. The van der Waals surface area contributed by atoms with E-state index >= 15 is 0 Å². The number of carbonyl (C=O) groups is 1. The van der Waals surface area contributed by atoms with Gasteiger partial charge >= 0.3 is 0 Å². The van der Waals surface area contributed by atoms with Crippen LogP contribution < -0.4 is 10.2 Å². The van der Waals surface area contributed by atoms with Gasteiger partial charge in [0.05, 0.1) is 4.92 Å². The highest BCUT2D eigenvalue weighted by Crippen LogP contribution is 2.33. The molecule has 1 aliphatic rings. The van der Waals surface area contributed by atoms with Gasteiger partial charge in [-0.2, -0.15) is 0 Å². The summed E-state index contributed by atoms with van der Waals surface area (Å²) in [6.45, 7) is 8.10. The Labute approximate surface area is 221 Å². The van der Waals surface area contributed by atoms with E-state index in [0.717, 1.165) is 49.0 Å². The van der Waals surface area contributed by atoms with Crippen molar-refractivity contribution in [2.24, 2.45) is 5.92 Å². The quantitative estimate of drug-likeness (QED) is 0.204. The average molecular weight is 513 g/mol. The van der Waals surface area contributed by atoms with Gasteiger partial charge in [0.25, 0.3) is 11.6 Å². The minimum atomic E-state index is -0.412. The number of rotatable bonds is 7. The summed E-state index contributed by atoms with van der Waals surface area (Å²) in [4.78, 5) is 31.0. The Bertz CT molecular complexity index is 1470. The van der Waals surface area contributed by atoms with Crippen LogP contribution in [-0.2, 0) is 0 Å². The fourth-order valence-electron chi connectivity index (χ4n) is 4.84. The number of nitrogens with one attached hydrogen (secondary N) is 1. The van der Waals surface area contributed by atoms with E-state index in [1.165, 1.54) is 11.6 Å². The number of oxazole rings is 1. The molecular formula is C30H32N4O4. The van der Waals surface area contributed by atoms with Crippen molar-refractivity contribution in [3.05, 3.63) is 81.9 Å². The normalized spacial score (nSPS) is 15.0. The topological polar surface area (TPSA) is 102 Å². The number of hydrogen-bond donors (Lipinski definition) is 1. The highest BCUT2D eigenvalue weighted by molar-refractivity contribution is 6.05. The smallest absolute Gasteiger partial charge is 0.293 e. The molecule has 0 unspecified atom stereocenters. The second-order valence-electron chi connectivity index (χ2n) is 10.2. The van der Waals surface area contributed by atoms with E-state index < -0.39 is 10.8 Å². The van der Waals surface area contributed by atoms with Crippen LogP contribution in [0.25, 0.3) is 22.6 Å². The Balaban J connectivity index is 1.31. The number of aromatic nitrogens is 1. The molecule has 38 heavy (non-hydrogen) atoms. The lowest BCUT2D eigenvalue weighted by Crippen LogP contribution is -2.33. The molecule has 1 atom stereocenters.